The van der Waals surface area contributed by atoms with E-state index in [9.17, 15) is 9.90 Å². The van der Waals surface area contributed by atoms with E-state index < -0.39 is 0 Å². The molecule has 1 amide bonds. The average Bonchev–Trinajstić information content (AvgIpc) is 3.42. The van der Waals surface area contributed by atoms with Crippen molar-refractivity contribution >= 4 is 16.7 Å². The van der Waals surface area contributed by atoms with E-state index in [4.69, 9.17) is 0 Å². The first-order valence-corrected chi connectivity index (χ1v) is 10.2. The van der Waals surface area contributed by atoms with Gasteiger partial charge in [0.1, 0.15) is 11.6 Å². The maximum Gasteiger partial charge on any atom is 0.258 e. The molecule has 1 N–H and O–H groups in total. The van der Waals surface area contributed by atoms with E-state index in [0.717, 1.165) is 48.4 Å². The molecule has 144 valence electrons. The Balaban J connectivity index is 1.42. The number of aromatic hydroxyl groups is 1. The zero-order valence-electron chi connectivity index (χ0n) is 15.9. The van der Waals surface area contributed by atoms with Gasteiger partial charge in [-0.3, -0.25) is 4.79 Å². The number of amides is 1. The molecule has 28 heavy (non-hydrogen) atoms. The summed E-state index contributed by atoms with van der Waals surface area (Å²) in [5.41, 5.74) is 0.417. The lowest BCUT2D eigenvalue weighted by Crippen LogP contribution is -2.40. The molecule has 5 nitrogen and oxygen atoms in total. The van der Waals surface area contributed by atoms with Crippen LogP contribution in [0.15, 0.2) is 48.8 Å². The first-order chi connectivity index (χ1) is 13.7. The summed E-state index contributed by atoms with van der Waals surface area (Å²) in [6.07, 6.45) is 8.59. The molecular weight excluding hydrogens is 350 g/mol. The number of imidazole rings is 1. The predicted molar refractivity (Wildman–Crippen MR) is 108 cm³/mol. The molecule has 1 saturated heterocycles. The smallest absolute Gasteiger partial charge is 0.258 e. The molecule has 0 radical (unpaired) electrons. The Hall–Kier alpha value is -2.82. The van der Waals surface area contributed by atoms with Crippen LogP contribution in [0.4, 0.5) is 0 Å². The summed E-state index contributed by atoms with van der Waals surface area (Å²) in [6.45, 7) is 2.42. The lowest BCUT2D eigenvalue weighted by Gasteiger charge is -2.33. The van der Waals surface area contributed by atoms with Crippen molar-refractivity contribution in [2.24, 2.45) is 5.92 Å². The molecule has 5 rings (SSSR count). The van der Waals surface area contributed by atoms with Gasteiger partial charge in [-0.15, -0.1) is 0 Å². The molecule has 1 aliphatic heterocycles. The molecule has 2 aliphatic rings. The van der Waals surface area contributed by atoms with Crippen LogP contribution in [0.25, 0.3) is 10.8 Å². The van der Waals surface area contributed by atoms with Crippen LogP contribution in [-0.2, 0) is 6.54 Å². The second kappa shape index (κ2) is 6.97. The minimum absolute atomic E-state index is 0.0565. The summed E-state index contributed by atoms with van der Waals surface area (Å²) in [6, 6.07) is 11.2. The molecule has 1 saturated carbocycles. The number of likely N-dealkylation sites (tertiary alicyclic amines) is 1. The van der Waals surface area contributed by atoms with Crippen LogP contribution >= 0.6 is 0 Å². The molecular formula is C23H25N3O2. The van der Waals surface area contributed by atoms with Gasteiger partial charge < -0.3 is 14.6 Å². The van der Waals surface area contributed by atoms with E-state index in [1.54, 1.807) is 6.07 Å². The molecule has 5 heteroatoms. The van der Waals surface area contributed by atoms with Crippen LogP contribution in [0.1, 0.15) is 47.8 Å². The average molecular weight is 375 g/mol. The standard InChI is InChI=1S/C23H25N3O2/c27-20-10-9-17-4-1-2-6-19(17)21(20)23(28)26-12-3-5-18(15-26)22-24-11-13-25(22)14-16-7-8-16/h1-2,4,6,9-11,13,16,18,27H,3,5,7-8,12,14-15H2/t18-/m0/s1. The maximum absolute atomic E-state index is 13.4. The van der Waals surface area contributed by atoms with E-state index in [0.29, 0.717) is 12.1 Å². The number of carbonyl (C=O) groups is 1. The molecule has 0 unspecified atom stereocenters. The molecule has 1 aliphatic carbocycles. The van der Waals surface area contributed by atoms with Gasteiger partial charge in [0, 0.05) is 37.9 Å². The SMILES string of the molecule is O=C(c1c(O)ccc2ccccc12)N1CCC[C@H](c2nccn2CC2CC2)C1. The minimum Gasteiger partial charge on any atom is -0.507 e. The summed E-state index contributed by atoms with van der Waals surface area (Å²) >= 11 is 0. The lowest BCUT2D eigenvalue weighted by atomic mass is 9.95. The van der Waals surface area contributed by atoms with Gasteiger partial charge in [-0.25, -0.2) is 4.98 Å². The highest BCUT2D eigenvalue weighted by Gasteiger charge is 2.31. The fourth-order valence-corrected chi connectivity index (χ4v) is 4.43. The van der Waals surface area contributed by atoms with Crippen LogP contribution in [0.5, 0.6) is 5.75 Å². The Bertz CT molecular complexity index is 1020. The normalized spacial score (nSPS) is 19.9. The van der Waals surface area contributed by atoms with E-state index >= 15 is 0 Å². The summed E-state index contributed by atoms with van der Waals surface area (Å²) in [5, 5.41) is 12.2. The topological polar surface area (TPSA) is 58.4 Å². The summed E-state index contributed by atoms with van der Waals surface area (Å²) in [7, 11) is 0. The fraction of sp³-hybridized carbons (Fsp3) is 0.391. The first-order valence-electron chi connectivity index (χ1n) is 10.2. The summed E-state index contributed by atoms with van der Waals surface area (Å²) in [4.78, 5) is 19.9. The fourth-order valence-electron chi connectivity index (χ4n) is 4.43. The van der Waals surface area contributed by atoms with E-state index in [2.05, 4.69) is 15.7 Å². The van der Waals surface area contributed by atoms with Crippen molar-refractivity contribution in [1.29, 1.82) is 0 Å². The number of fused-ring (bicyclic) bond motifs is 1. The van der Waals surface area contributed by atoms with Crippen molar-refractivity contribution in [3.8, 4) is 5.75 Å². The highest BCUT2D eigenvalue weighted by Crippen LogP contribution is 2.34. The van der Waals surface area contributed by atoms with Crippen LogP contribution in [0, 0.1) is 5.92 Å². The third-order valence-electron chi connectivity index (χ3n) is 6.09. The van der Waals surface area contributed by atoms with Crippen LogP contribution < -0.4 is 0 Å². The molecule has 3 aromatic rings. The van der Waals surface area contributed by atoms with Crippen LogP contribution in [0.2, 0.25) is 0 Å². The van der Waals surface area contributed by atoms with Gasteiger partial charge >= 0.3 is 0 Å². The van der Waals surface area contributed by atoms with Crippen molar-refractivity contribution in [1.82, 2.24) is 14.5 Å². The summed E-state index contributed by atoms with van der Waals surface area (Å²) in [5.74, 6) is 2.12. The molecule has 1 atom stereocenters. The third kappa shape index (κ3) is 3.15. The highest BCUT2D eigenvalue weighted by atomic mass is 16.3. The number of nitrogens with zero attached hydrogens (tertiary/aromatic N) is 3. The van der Waals surface area contributed by atoms with Crippen molar-refractivity contribution in [2.45, 2.75) is 38.1 Å². The number of hydrogen-bond donors (Lipinski definition) is 1. The third-order valence-corrected chi connectivity index (χ3v) is 6.09. The second-order valence-electron chi connectivity index (χ2n) is 8.15. The Labute approximate surface area is 164 Å². The van der Waals surface area contributed by atoms with E-state index in [1.807, 2.05) is 41.4 Å². The van der Waals surface area contributed by atoms with Crippen molar-refractivity contribution in [2.75, 3.05) is 13.1 Å². The molecule has 1 aromatic heterocycles. The van der Waals surface area contributed by atoms with Crippen LogP contribution in [0.3, 0.4) is 0 Å². The van der Waals surface area contributed by atoms with Gasteiger partial charge in [-0.05, 0) is 48.4 Å². The quantitative estimate of drug-likeness (QED) is 0.744. The molecule has 2 heterocycles. The van der Waals surface area contributed by atoms with E-state index in [1.165, 1.54) is 12.8 Å². The number of rotatable bonds is 4. The Kier molecular flexibility index (Phi) is 4.30. The van der Waals surface area contributed by atoms with Gasteiger partial charge in [0.2, 0.25) is 0 Å². The second-order valence-corrected chi connectivity index (χ2v) is 8.15. The van der Waals surface area contributed by atoms with E-state index in [-0.39, 0.29) is 17.6 Å². The Morgan fingerprint density at radius 3 is 2.86 bits per heavy atom. The largest absolute Gasteiger partial charge is 0.507 e. The molecule has 2 fully saturated rings. The van der Waals surface area contributed by atoms with Gasteiger partial charge in [0.15, 0.2) is 0 Å². The number of phenols is 1. The lowest BCUT2D eigenvalue weighted by molar-refractivity contribution is 0.0702. The number of piperidine rings is 1. The monoisotopic (exact) mass is 375 g/mol. The molecule has 2 aromatic carbocycles. The van der Waals surface area contributed by atoms with Gasteiger partial charge in [0.05, 0.1) is 5.56 Å². The minimum atomic E-state index is -0.0840. The van der Waals surface area contributed by atoms with Crippen molar-refractivity contribution in [3.63, 3.8) is 0 Å². The van der Waals surface area contributed by atoms with Gasteiger partial charge in [-0.2, -0.15) is 0 Å². The van der Waals surface area contributed by atoms with Gasteiger partial charge in [-0.1, -0.05) is 30.3 Å². The molecule has 0 spiro atoms. The molecule has 0 bridgehead atoms. The summed E-state index contributed by atoms with van der Waals surface area (Å²) < 4.78 is 2.28. The zero-order valence-corrected chi connectivity index (χ0v) is 15.9. The zero-order chi connectivity index (χ0) is 19.1. The van der Waals surface area contributed by atoms with Crippen LogP contribution in [-0.4, -0.2) is 38.6 Å². The Morgan fingerprint density at radius 1 is 1.14 bits per heavy atom. The maximum atomic E-state index is 13.4. The van der Waals surface area contributed by atoms with Crippen molar-refractivity contribution in [3.05, 3.63) is 60.2 Å². The highest BCUT2D eigenvalue weighted by molar-refractivity contribution is 6.09. The number of benzene rings is 2. The van der Waals surface area contributed by atoms with Gasteiger partial charge in [0.25, 0.3) is 5.91 Å². The van der Waals surface area contributed by atoms with Crippen molar-refractivity contribution < 1.29 is 9.90 Å². The number of aromatic nitrogens is 2. The first kappa shape index (κ1) is 17.3. The number of phenolic OH excluding ortho intramolecular Hbond substituents is 1. The Morgan fingerprint density at radius 2 is 2.00 bits per heavy atom. The number of carbonyl (C=O) groups excluding carboxylic acids is 1. The predicted octanol–water partition coefficient (Wildman–Crippen LogP) is 4.17. The number of hydrogen-bond acceptors (Lipinski definition) is 3.